The molecular weight excluding hydrogens is 275 g/mol. The van der Waals surface area contributed by atoms with Gasteiger partial charge in [0, 0.05) is 10.5 Å². The minimum absolute atomic E-state index is 0.322. The summed E-state index contributed by atoms with van der Waals surface area (Å²) in [5.41, 5.74) is 3.20. The molecule has 4 heteroatoms. The zero-order valence-corrected chi connectivity index (χ0v) is 11.2. The van der Waals surface area contributed by atoms with Crippen molar-refractivity contribution >= 4 is 38.6 Å². The number of rotatable bonds is 1. The molecule has 0 aliphatic rings. The van der Waals surface area contributed by atoms with Gasteiger partial charge in [0.1, 0.15) is 0 Å². The quantitative estimate of drug-likeness (QED) is 0.763. The zero-order valence-electron chi connectivity index (χ0n) is 8.88. The summed E-state index contributed by atoms with van der Waals surface area (Å²) in [5.74, 6) is 0. The van der Waals surface area contributed by atoms with Crippen molar-refractivity contribution in [3.05, 3.63) is 27.5 Å². The van der Waals surface area contributed by atoms with Crippen LogP contribution in [0.25, 0.3) is 11.0 Å². The van der Waals surface area contributed by atoms with Gasteiger partial charge in [0.2, 0.25) is 5.28 Å². The molecular formula is C11H12BrClN2. The Labute approximate surface area is 102 Å². The van der Waals surface area contributed by atoms with Gasteiger partial charge in [-0.05, 0) is 50.1 Å². The van der Waals surface area contributed by atoms with E-state index in [0.29, 0.717) is 11.3 Å². The van der Waals surface area contributed by atoms with E-state index in [0.717, 1.165) is 21.1 Å². The molecule has 2 aromatic rings. The molecule has 0 aliphatic carbocycles. The maximum Gasteiger partial charge on any atom is 0.204 e. The second-order valence-corrected chi connectivity index (χ2v) is 5.08. The summed E-state index contributed by atoms with van der Waals surface area (Å²) in [4.78, 5) is 4.39. The number of hydrogen-bond donors (Lipinski definition) is 0. The predicted octanol–water partition coefficient (Wildman–Crippen LogP) is 4.34. The molecule has 1 aromatic carbocycles. The average Bonchev–Trinajstić information content (AvgIpc) is 2.49. The molecule has 15 heavy (non-hydrogen) atoms. The van der Waals surface area contributed by atoms with Crippen molar-refractivity contribution in [2.24, 2.45) is 0 Å². The van der Waals surface area contributed by atoms with Gasteiger partial charge >= 0.3 is 0 Å². The number of fused-ring (bicyclic) bond motifs is 1. The molecule has 2 rings (SSSR count). The van der Waals surface area contributed by atoms with E-state index in [2.05, 4.69) is 34.8 Å². The Morgan fingerprint density at radius 3 is 2.67 bits per heavy atom. The largest absolute Gasteiger partial charge is 0.312 e. The third-order valence-corrected chi connectivity index (χ3v) is 3.65. The first-order chi connectivity index (χ1) is 7.02. The minimum Gasteiger partial charge on any atom is -0.312 e. The van der Waals surface area contributed by atoms with E-state index in [9.17, 15) is 0 Å². The number of aryl methyl sites for hydroxylation is 1. The van der Waals surface area contributed by atoms with Crippen molar-refractivity contribution in [3.8, 4) is 0 Å². The highest BCUT2D eigenvalue weighted by Gasteiger charge is 2.13. The zero-order chi connectivity index (χ0) is 11.2. The summed E-state index contributed by atoms with van der Waals surface area (Å²) >= 11 is 9.62. The monoisotopic (exact) mass is 286 g/mol. The van der Waals surface area contributed by atoms with Crippen LogP contribution in [0.3, 0.4) is 0 Å². The van der Waals surface area contributed by atoms with Crippen LogP contribution in [0.15, 0.2) is 16.6 Å². The van der Waals surface area contributed by atoms with E-state index < -0.39 is 0 Å². The van der Waals surface area contributed by atoms with Crippen LogP contribution in [-0.2, 0) is 0 Å². The number of benzene rings is 1. The van der Waals surface area contributed by atoms with Crippen LogP contribution in [0.5, 0.6) is 0 Å². The number of aromatic nitrogens is 2. The fourth-order valence-electron chi connectivity index (χ4n) is 1.73. The van der Waals surface area contributed by atoms with Gasteiger partial charge in [-0.2, -0.15) is 0 Å². The van der Waals surface area contributed by atoms with Crippen LogP contribution in [0.1, 0.15) is 25.5 Å². The molecule has 1 aromatic heterocycles. The molecule has 0 atom stereocenters. The fraction of sp³-hybridized carbons (Fsp3) is 0.364. The molecule has 80 valence electrons. The Bertz CT molecular complexity index is 517. The molecule has 0 N–H and O–H groups in total. The summed E-state index contributed by atoms with van der Waals surface area (Å²) in [6.45, 7) is 6.25. The predicted molar refractivity (Wildman–Crippen MR) is 67.6 cm³/mol. The topological polar surface area (TPSA) is 17.8 Å². The number of halogens is 2. The highest BCUT2D eigenvalue weighted by molar-refractivity contribution is 9.10. The van der Waals surface area contributed by atoms with Crippen LogP contribution in [0.2, 0.25) is 5.28 Å². The van der Waals surface area contributed by atoms with Crippen molar-refractivity contribution in [1.29, 1.82) is 0 Å². The highest BCUT2D eigenvalue weighted by atomic mass is 79.9. The lowest BCUT2D eigenvalue weighted by atomic mass is 10.2. The first kappa shape index (κ1) is 11.0. The summed E-state index contributed by atoms with van der Waals surface area (Å²) in [6, 6.07) is 4.41. The number of hydrogen-bond acceptors (Lipinski definition) is 1. The van der Waals surface area contributed by atoms with E-state index in [-0.39, 0.29) is 0 Å². The molecule has 0 saturated carbocycles. The average molecular weight is 288 g/mol. The molecule has 0 radical (unpaired) electrons. The van der Waals surface area contributed by atoms with Crippen LogP contribution >= 0.6 is 27.5 Å². The van der Waals surface area contributed by atoms with E-state index >= 15 is 0 Å². The Morgan fingerprint density at radius 1 is 1.40 bits per heavy atom. The molecule has 0 saturated heterocycles. The smallest absolute Gasteiger partial charge is 0.204 e. The van der Waals surface area contributed by atoms with Crippen molar-refractivity contribution < 1.29 is 0 Å². The third kappa shape index (κ3) is 1.68. The maximum absolute atomic E-state index is 6.12. The van der Waals surface area contributed by atoms with Gasteiger partial charge in [-0.1, -0.05) is 15.9 Å². The van der Waals surface area contributed by atoms with Gasteiger partial charge < -0.3 is 4.57 Å². The van der Waals surface area contributed by atoms with Crippen molar-refractivity contribution in [2.75, 3.05) is 0 Å². The van der Waals surface area contributed by atoms with E-state index in [1.165, 1.54) is 0 Å². The Morgan fingerprint density at radius 2 is 2.07 bits per heavy atom. The molecule has 0 unspecified atom stereocenters. The van der Waals surface area contributed by atoms with Crippen LogP contribution in [0.4, 0.5) is 0 Å². The van der Waals surface area contributed by atoms with E-state index in [1.807, 2.05) is 23.6 Å². The van der Waals surface area contributed by atoms with Gasteiger partial charge in [0.15, 0.2) is 0 Å². The summed E-state index contributed by atoms with van der Waals surface area (Å²) in [5, 5.41) is 0.557. The fourth-order valence-corrected chi connectivity index (χ4v) is 2.42. The standard InChI is InChI=1S/C11H12BrClN2/c1-6(2)15-9-5-4-8(12)7(3)10(9)14-11(15)13/h4-6H,1-3H3. The van der Waals surface area contributed by atoms with Gasteiger partial charge in [-0.15, -0.1) is 0 Å². The molecule has 0 amide bonds. The lowest BCUT2D eigenvalue weighted by Gasteiger charge is -2.09. The maximum atomic E-state index is 6.12. The summed E-state index contributed by atoms with van der Waals surface area (Å²) < 4.78 is 3.11. The van der Waals surface area contributed by atoms with Gasteiger partial charge in [0.05, 0.1) is 11.0 Å². The van der Waals surface area contributed by atoms with E-state index in [4.69, 9.17) is 11.6 Å². The Kier molecular flexibility index (Phi) is 2.77. The first-order valence-corrected chi connectivity index (χ1v) is 6.02. The molecule has 1 heterocycles. The molecule has 2 nitrogen and oxygen atoms in total. The summed E-state index contributed by atoms with van der Waals surface area (Å²) in [7, 11) is 0. The number of imidazole rings is 1. The lowest BCUT2D eigenvalue weighted by Crippen LogP contribution is -2.00. The van der Waals surface area contributed by atoms with Crippen LogP contribution in [-0.4, -0.2) is 9.55 Å². The lowest BCUT2D eigenvalue weighted by molar-refractivity contribution is 0.618. The van der Waals surface area contributed by atoms with Crippen molar-refractivity contribution in [3.63, 3.8) is 0 Å². The minimum atomic E-state index is 0.322. The first-order valence-electron chi connectivity index (χ1n) is 4.85. The molecule has 0 aliphatic heterocycles. The molecule has 0 bridgehead atoms. The second kappa shape index (κ2) is 3.80. The van der Waals surface area contributed by atoms with Crippen molar-refractivity contribution in [2.45, 2.75) is 26.8 Å². The molecule has 0 spiro atoms. The van der Waals surface area contributed by atoms with Gasteiger partial charge in [0.25, 0.3) is 0 Å². The second-order valence-electron chi connectivity index (χ2n) is 3.88. The Balaban J connectivity index is 2.85. The third-order valence-electron chi connectivity index (χ3n) is 2.52. The van der Waals surface area contributed by atoms with Crippen LogP contribution in [0, 0.1) is 6.92 Å². The molecule has 0 fully saturated rings. The van der Waals surface area contributed by atoms with Gasteiger partial charge in [-0.3, -0.25) is 0 Å². The van der Waals surface area contributed by atoms with Crippen molar-refractivity contribution in [1.82, 2.24) is 9.55 Å². The van der Waals surface area contributed by atoms with Crippen LogP contribution < -0.4 is 0 Å². The number of nitrogens with zero attached hydrogens (tertiary/aromatic N) is 2. The SMILES string of the molecule is Cc1c(Br)ccc2c1nc(Cl)n2C(C)C. The van der Waals surface area contributed by atoms with Gasteiger partial charge in [-0.25, -0.2) is 4.98 Å². The normalized spacial score (nSPS) is 11.6. The highest BCUT2D eigenvalue weighted by Crippen LogP contribution is 2.29. The summed E-state index contributed by atoms with van der Waals surface area (Å²) in [6.07, 6.45) is 0. The van der Waals surface area contributed by atoms with E-state index in [1.54, 1.807) is 0 Å². The Hall–Kier alpha value is -0.540.